The SMILES string of the molecule is COc1cc(N)c(Cl)cc1C(=O)OCC(=O)Nc1cccc2nsnc12. The zero-order chi connectivity index (χ0) is 18.7. The van der Waals surface area contributed by atoms with E-state index in [0.717, 1.165) is 11.7 Å². The number of esters is 1. The van der Waals surface area contributed by atoms with Gasteiger partial charge in [0.2, 0.25) is 0 Å². The standard InChI is InChI=1S/C16H13ClN4O4S/c1-24-13-6-10(18)9(17)5-8(13)16(23)25-7-14(22)19-11-3-2-4-12-15(11)21-26-20-12/h2-6H,7,18H2,1H3,(H,19,22). The summed E-state index contributed by atoms with van der Waals surface area (Å²) >= 11 is 6.97. The lowest BCUT2D eigenvalue weighted by Crippen LogP contribution is -2.21. The molecule has 3 rings (SSSR count). The number of fused-ring (bicyclic) bond motifs is 1. The molecular formula is C16H13ClN4O4S. The van der Waals surface area contributed by atoms with E-state index in [0.29, 0.717) is 16.7 Å². The molecule has 134 valence electrons. The number of aromatic nitrogens is 2. The van der Waals surface area contributed by atoms with Crippen LogP contribution in [0.4, 0.5) is 11.4 Å². The summed E-state index contributed by atoms with van der Waals surface area (Å²) in [5, 5.41) is 2.82. The summed E-state index contributed by atoms with van der Waals surface area (Å²) in [7, 11) is 1.38. The molecule has 0 saturated carbocycles. The first kappa shape index (κ1) is 17.9. The molecule has 1 amide bonds. The van der Waals surface area contributed by atoms with Gasteiger partial charge in [0.25, 0.3) is 5.91 Å². The molecule has 2 aromatic carbocycles. The van der Waals surface area contributed by atoms with Crippen LogP contribution in [0.15, 0.2) is 30.3 Å². The number of rotatable bonds is 5. The van der Waals surface area contributed by atoms with Gasteiger partial charge in [0.1, 0.15) is 22.3 Å². The molecule has 1 aromatic heterocycles. The highest BCUT2D eigenvalue weighted by Gasteiger charge is 2.18. The number of hydrogen-bond acceptors (Lipinski definition) is 8. The van der Waals surface area contributed by atoms with Crippen molar-refractivity contribution in [2.45, 2.75) is 0 Å². The number of nitrogens with one attached hydrogen (secondary N) is 1. The first-order valence-electron chi connectivity index (χ1n) is 7.31. The van der Waals surface area contributed by atoms with Gasteiger partial charge in [-0.15, -0.1) is 0 Å². The Labute approximate surface area is 157 Å². The second-order valence-electron chi connectivity index (χ2n) is 5.14. The number of carbonyl (C=O) groups is 2. The average molecular weight is 393 g/mol. The molecule has 1 heterocycles. The predicted molar refractivity (Wildman–Crippen MR) is 98.7 cm³/mol. The minimum atomic E-state index is -0.757. The van der Waals surface area contributed by atoms with Crippen molar-refractivity contribution in [1.82, 2.24) is 8.75 Å². The molecule has 0 fully saturated rings. The van der Waals surface area contributed by atoms with Crippen LogP contribution in [0.25, 0.3) is 11.0 Å². The monoisotopic (exact) mass is 392 g/mol. The Bertz CT molecular complexity index is 992. The van der Waals surface area contributed by atoms with Crippen molar-refractivity contribution >= 4 is 57.6 Å². The van der Waals surface area contributed by atoms with Gasteiger partial charge in [-0.05, 0) is 18.2 Å². The van der Waals surface area contributed by atoms with Gasteiger partial charge in [-0.1, -0.05) is 17.7 Å². The Morgan fingerprint density at radius 2 is 2.12 bits per heavy atom. The molecular weight excluding hydrogens is 380 g/mol. The van der Waals surface area contributed by atoms with Crippen molar-refractivity contribution in [1.29, 1.82) is 0 Å². The molecule has 26 heavy (non-hydrogen) atoms. The minimum absolute atomic E-state index is 0.0744. The van der Waals surface area contributed by atoms with Crippen LogP contribution in [0.5, 0.6) is 5.75 Å². The van der Waals surface area contributed by atoms with Gasteiger partial charge in [0, 0.05) is 6.07 Å². The predicted octanol–water partition coefficient (Wildman–Crippen LogP) is 2.73. The lowest BCUT2D eigenvalue weighted by atomic mass is 10.2. The fourth-order valence-corrected chi connectivity index (χ4v) is 2.91. The Balaban J connectivity index is 1.67. The highest BCUT2D eigenvalue weighted by molar-refractivity contribution is 7.00. The van der Waals surface area contributed by atoms with Crippen molar-refractivity contribution in [2.24, 2.45) is 0 Å². The summed E-state index contributed by atoms with van der Waals surface area (Å²) in [6.07, 6.45) is 0. The Morgan fingerprint density at radius 1 is 1.31 bits per heavy atom. The summed E-state index contributed by atoms with van der Waals surface area (Å²) in [5.74, 6) is -1.07. The maximum Gasteiger partial charge on any atom is 0.342 e. The number of methoxy groups -OCH3 is 1. The topological polar surface area (TPSA) is 116 Å². The number of nitrogens with two attached hydrogens (primary N) is 1. The Morgan fingerprint density at radius 3 is 2.88 bits per heavy atom. The number of carbonyl (C=O) groups excluding carboxylic acids is 2. The number of nitrogens with zero attached hydrogens (tertiary/aromatic N) is 2. The molecule has 0 radical (unpaired) electrons. The first-order valence-corrected chi connectivity index (χ1v) is 8.41. The van der Waals surface area contributed by atoms with E-state index in [4.69, 9.17) is 26.8 Å². The van der Waals surface area contributed by atoms with Gasteiger partial charge in [0.05, 0.1) is 35.2 Å². The fourth-order valence-electron chi connectivity index (χ4n) is 2.20. The zero-order valence-corrected chi connectivity index (χ0v) is 15.1. The number of ether oxygens (including phenoxy) is 2. The van der Waals surface area contributed by atoms with Crippen LogP contribution in [0.3, 0.4) is 0 Å². The Kier molecular flexibility index (Phi) is 5.19. The van der Waals surface area contributed by atoms with Crippen molar-refractivity contribution in [2.75, 3.05) is 24.8 Å². The number of hydrogen-bond donors (Lipinski definition) is 2. The van der Waals surface area contributed by atoms with Gasteiger partial charge >= 0.3 is 5.97 Å². The molecule has 0 aliphatic rings. The van der Waals surface area contributed by atoms with Crippen LogP contribution in [0, 0.1) is 0 Å². The largest absolute Gasteiger partial charge is 0.496 e. The van der Waals surface area contributed by atoms with E-state index in [2.05, 4.69) is 14.1 Å². The molecule has 0 bridgehead atoms. The molecule has 0 spiro atoms. The minimum Gasteiger partial charge on any atom is -0.496 e. The summed E-state index contributed by atoms with van der Waals surface area (Å²) in [4.78, 5) is 24.3. The van der Waals surface area contributed by atoms with E-state index in [1.54, 1.807) is 18.2 Å². The third kappa shape index (κ3) is 3.68. The van der Waals surface area contributed by atoms with Gasteiger partial charge in [-0.3, -0.25) is 4.79 Å². The molecule has 0 aliphatic heterocycles. The van der Waals surface area contributed by atoms with E-state index in [1.165, 1.54) is 19.2 Å². The van der Waals surface area contributed by atoms with E-state index >= 15 is 0 Å². The molecule has 10 heteroatoms. The number of benzene rings is 2. The third-order valence-electron chi connectivity index (χ3n) is 3.43. The molecule has 8 nitrogen and oxygen atoms in total. The van der Waals surface area contributed by atoms with Gasteiger partial charge in [-0.25, -0.2) is 4.79 Å². The van der Waals surface area contributed by atoms with Crippen LogP contribution in [0.1, 0.15) is 10.4 Å². The quantitative estimate of drug-likeness (QED) is 0.506. The van der Waals surface area contributed by atoms with Crippen LogP contribution in [-0.2, 0) is 9.53 Å². The number of amides is 1. The molecule has 0 saturated heterocycles. The molecule has 3 aromatic rings. The van der Waals surface area contributed by atoms with Crippen LogP contribution in [0.2, 0.25) is 5.02 Å². The van der Waals surface area contributed by atoms with E-state index in [9.17, 15) is 9.59 Å². The number of anilines is 2. The van der Waals surface area contributed by atoms with Gasteiger partial charge in [-0.2, -0.15) is 8.75 Å². The zero-order valence-electron chi connectivity index (χ0n) is 13.5. The van der Waals surface area contributed by atoms with Crippen LogP contribution < -0.4 is 15.8 Å². The van der Waals surface area contributed by atoms with Crippen LogP contribution in [-0.4, -0.2) is 34.3 Å². The van der Waals surface area contributed by atoms with E-state index in [1.807, 2.05) is 0 Å². The van der Waals surface area contributed by atoms with Crippen LogP contribution >= 0.6 is 23.3 Å². The van der Waals surface area contributed by atoms with Crippen molar-refractivity contribution in [3.63, 3.8) is 0 Å². The fraction of sp³-hybridized carbons (Fsp3) is 0.125. The highest BCUT2D eigenvalue weighted by atomic mass is 35.5. The summed E-state index contributed by atoms with van der Waals surface area (Å²) < 4.78 is 18.3. The first-order chi connectivity index (χ1) is 12.5. The number of nitrogen functional groups attached to an aromatic ring is 1. The number of halogens is 1. The van der Waals surface area contributed by atoms with E-state index in [-0.39, 0.29) is 22.0 Å². The van der Waals surface area contributed by atoms with Gasteiger partial charge < -0.3 is 20.5 Å². The van der Waals surface area contributed by atoms with Crippen molar-refractivity contribution in [3.8, 4) is 5.75 Å². The molecule has 0 aliphatic carbocycles. The summed E-state index contributed by atoms with van der Waals surface area (Å²) in [6, 6.07) is 7.96. The molecule has 3 N–H and O–H groups in total. The normalized spacial score (nSPS) is 10.5. The maximum absolute atomic E-state index is 12.2. The molecule has 0 atom stereocenters. The lowest BCUT2D eigenvalue weighted by Gasteiger charge is -2.11. The maximum atomic E-state index is 12.2. The van der Waals surface area contributed by atoms with E-state index < -0.39 is 18.5 Å². The van der Waals surface area contributed by atoms with Crippen molar-refractivity contribution < 1.29 is 19.1 Å². The van der Waals surface area contributed by atoms with Crippen molar-refractivity contribution in [3.05, 3.63) is 40.9 Å². The lowest BCUT2D eigenvalue weighted by molar-refractivity contribution is -0.119. The third-order valence-corrected chi connectivity index (χ3v) is 4.30. The second-order valence-corrected chi connectivity index (χ2v) is 6.07. The summed E-state index contributed by atoms with van der Waals surface area (Å²) in [5.41, 5.74) is 7.75. The molecule has 0 unspecified atom stereocenters. The Hall–Kier alpha value is -2.91. The average Bonchev–Trinajstić information content (AvgIpc) is 3.11. The highest BCUT2D eigenvalue weighted by Crippen LogP contribution is 2.29. The summed E-state index contributed by atoms with van der Waals surface area (Å²) in [6.45, 7) is -0.488. The van der Waals surface area contributed by atoms with Gasteiger partial charge in [0.15, 0.2) is 6.61 Å². The second kappa shape index (κ2) is 7.54. The smallest absolute Gasteiger partial charge is 0.342 e.